The number of benzene rings is 1. The maximum atomic E-state index is 6.08. The summed E-state index contributed by atoms with van der Waals surface area (Å²) in [5, 5.41) is 10.6. The Hall–Kier alpha value is -2.18. The van der Waals surface area contributed by atoms with Crippen LogP contribution in [0.5, 0.6) is 0 Å². The third-order valence-corrected chi connectivity index (χ3v) is 4.15. The zero-order valence-corrected chi connectivity index (χ0v) is 13.0. The Morgan fingerprint density at radius 2 is 2.00 bits per heavy atom. The van der Waals surface area contributed by atoms with E-state index in [0.29, 0.717) is 15.7 Å². The first-order valence-electron chi connectivity index (χ1n) is 6.71. The standard InChI is InChI=1S/C14H10Cl2N6/c1-2-12-19-14-9-6-18-22(13(9)17-7-21(14)20-12)8-3-4-10(15)11(16)5-8/h3-7H,2H2,1H3. The molecular formula is C14H10Cl2N6. The fourth-order valence-corrected chi connectivity index (χ4v) is 2.61. The zero-order valence-electron chi connectivity index (χ0n) is 11.5. The lowest BCUT2D eigenvalue weighted by molar-refractivity contribution is 0.859. The molecule has 4 rings (SSSR count). The predicted molar refractivity (Wildman–Crippen MR) is 84.8 cm³/mol. The predicted octanol–water partition coefficient (Wildman–Crippen LogP) is 3.33. The molecule has 0 saturated heterocycles. The van der Waals surface area contributed by atoms with Gasteiger partial charge in [0.25, 0.3) is 0 Å². The van der Waals surface area contributed by atoms with Crippen molar-refractivity contribution in [1.29, 1.82) is 0 Å². The monoisotopic (exact) mass is 332 g/mol. The van der Waals surface area contributed by atoms with E-state index in [2.05, 4.69) is 20.2 Å². The molecule has 0 amide bonds. The molecule has 0 atom stereocenters. The van der Waals surface area contributed by atoms with Gasteiger partial charge in [-0.25, -0.2) is 19.2 Å². The highest BCUT2D eigenvalue weighted by molar-refractivity contribution is 6.42. The van der Waals surface area contributed by atoms with Crippen LogP contribution in [-0.2, 0) is 6.42 Å². The summed E-state index contributed by atoms with van der Waals surface area (Å²) in [7, 11) is 0. The summed E-state index contributed by atoms with van der Waals surface area (Å²) in [5.41, 5.74) is 2.23. The smallest absolute Gasteiger partial charge is 0.170 e. The minimum Gasteiger partial charge on any atom is -0.216 e. The van der Waals surface area contributed by atoms with Gasteiger partial charge in [-0.05, 0) is 18.2 Å². The van der Waals surface area contributed by atoms with Crippen LogP contribution in [0.3, 0.4) is 0 Å². The Balaban J connectivity index is 1.97. The fourth-order valence-electron chi connectivity index (χ4n) is 2.32. The summed E-state index contributed by atoms with van der Waals surface area (Å²) in [6.07, 6.45) is 4.14. The molecule has 110 valence electrons. The summed E-state index contributed by atoms with van der Waals surface area (Å²) in [6, 6.07) is 5.33. The second kappa shape index (κ2) is 4.93. The molecule has 1 aromatic carbocycles. The van der Waals surface area contributed by atoms with Crippen molar-refractivity contribution in [1.82, 2.24) is 29.4 Å². The lowest BCUT2D eigenvalue weighted by Gasteiger charge is -2.04. The summed E-state index contributed by atoms with van der Waals surface area (Å²) in [5.74, 6) is 0.775. The normalized spacial score (nSPS) is 11.6. The van der Waals surface area contributed by atoms with Gasteiger partial charge in [-0.2, -0.15) is 5.10 Å². The van der Waals surface area contributed by atoms with Crippen LogP contribution in [0.1, 0.15) is 12.7 Å². The highest BCUT2D eigenvalue weighted by atomic mass is 35.5. The van der Waals surface area contributed by atoms with Gasteiger partial charge in [0.15, 0.2) is 17.1 Å². The molecule has 0 saturated carbocycles. The molecule has 0 bridgehead atoms. The maximum Gasteiger partial charge on any atom is 0.170 e. The Morgan fingerprint density at radius 3 is 2.77 bits per heavy atom. The Bertz CT molecular complexity index is 1000. The van der Waals surface area contributed by atoms with E-state index in [4.69, 9.17) is 23.2 Å². The summed E-state index contributed by atoms with van der Waals surface area (Å²) < 4.78 is 3.37. The molecule has 3 heterocycles. The number of aryl methyl sites for hydroxylation is 1. The van der Waals surface area contributed by atoms with Crippen molar-refractivity contribution < 1.29 is 0 Å². The van der Waals surface area contributed by atoms with Gasteiger partial charge in [-0.1, -0.05) is 30.1 Å². The van der Waals surface area contributed by atoms with E-state index in [-0.39, 0.29) is 0 Å². The van der Waals surface area contributed by atoms with Crippen molar-refractivity contribution in [3.63, 3.8) is 0 Å². The number of halogens is 2. The molecule has 0 spiro atoms. The SMILES string of the molecule is CCc1nc2c3cnn(-c4ccc(Cl)c(Cl)c4)c3ncn2n1. The minimum absolute atomic E-state index is 0.472. The van der Waals surface area contributed by atoms with Gasteiger partial charge in [0.1, 0.15) is 6.33 Å². The number of nitrogens with zero attached hydrogens (tertiary/aromatic N) is 6. The minimum atomic E-state index is 0.472. The average molecular weight is 333 g/mol. The van der Waals surface area contributed by atoms with Crippen LogP contribution < -0.4 is 0 Å². The van der Waals surface area contributed by atoms with E-state index >= 15 is 0 Å². The molecule has 0 aliphatic rings. The number of aromatic nitrogens is 6. The third-order valence-electron chi connectivity index (χ3n) is 3.41. The fraction of sp³-hybridized carbons (Fsp3) is 0.143. The first-order chi connectivity index (χ1) is 10.7. The molecule has 0 fully saturated rings. The van der Waals surface area contributed by atoms with Gasteiger partial charge in [0.05, 0.1) is 27.3 Å². The van der Waals surface area contributed by atoms with E-state index in [1.165, 1.54) is 0 Å². The lowest BCUT2D eigenvalue weighted by atomic mass is 10.3. The highest BCUT2D eigenvalue weighted by Gasteiger charge is 2.13. The van der Waals surface area contributed by atoms with Gasteiger partial charge >= 0.3 is 0 Å². The average Bonchev–Trinajstić information content (AvgIpc) is 3.12. The second-order valence-electron chi connectivity index (χ2n) is 4.79. The van der Waals surface area contributed by atoms with Gasteiger partial charge in [-0.3, -0.25) is 0 Å². The van der Waals surface area contributed by atoms with Crippen molar-refractivity contribution in [3.05, 3.63) is 46.6 Å². The molecular weight excluding hydrogens is 323 g/mol. The van der Waals surface area contributed by atoms with E-state index in [1.807, 2.05) is 13.0 Å². The third kappa shape index (κ3) is 1.95. The highest BCUT2D eigenvalue weighted by Crippen LogP contribution is 2.26. The first-order valence-corrected chi connectivity index (χ1v) is 7.46. The molecule has 0 aliphatic carbocycles. The van der Waals surface area contributed by atoms with E-state index in [9.17, 15) is 0 Å². The van der Waals surface area contributed by atoms with Gasteiger partial charge < -0.3 is 0 Å². The van der Waals surface area contributed by atoms with E-state index in [1.54, 1.807) is 33.9 Å². The second-order valence-corrected chi connectivity index (χ2v) is 5.60. The quantitative estimate of drug-likeness (QED) is 0.564. The number of fused-ring (bicyclic) bond motifs is 3. The Labute approximate surface area is 135 Å². The number of hydrogen-bond donors (Lipinski definition) is 0. The lowest BCUT2D eigenvalue weighted by Crippen LogP contribution is -1.99. The molecule has 22 heavy (non-hydrogen) atoms. The van der Waals surface area contributed by atoms with Crippen LogP contribution in [0, 0.1) is 0 Å². The molecule has 0 radical (unpaired) electrons. The van der Waals surface area contributed by atoms with Crippen molar-refractivity contribution in [2.75, 3.05) is 0 Å². The van der Waals surface area contributed by atoms with Crippen molar-refractivity contribution in [2.45, 2.75) is 13.3 Å². The van der Waals surface area contributed by atoms with Gasteiger partial charge in [0.2, 0.25) is 0 Å². The summed E-state index contributed by atoms with van der Waals surface area (Å²) in [6.45, 7) is 2.01. The maximum absolute atomic E-state index is 6.08. The van der Waals surface area contributed by atoms with Gasteiger partial charge in [-0.15, -0.1) is 5.10 Å². The Kier molecular flexibility index (Phi) is 3.02. The van der Waals surface area contributed by atoms with Crippen molar-refractivity contribution in [3.8, 4) is 5.69 Å². The number of hydrogen-bond acceptors (Lipinski definition) is 4. The van der Waals surface area contributed by atoms with E-state index in [0.717, 1.165) is 29.0 Å². The molecule has 0 N–H and O–H groups in total. The topological polar surface area (TPSA) is 60.9 Å². The van der Waals surface area contributed by atoms with Crippen molar-refractivity contribution >= 4 is 39.9 Å². The molecule has 0 aliphatic heterocycles. The van der Waals surface area contributed by atoms with Gasteiger partial charge in [0, 0.05) is 6.42 Å². The van der Waals surface area contributed by atoms with Crippen LogP contribution in [0.2, 0.25) is 10.0 Å². The van der Waals surface area contributed by atoms with Crippen molar-refractivity contribution in [2.24, 2.45) is 0 Å². The van der Waals surface area contributed by atoms with Crippen LogP contribution in [0.25, 0.3) is 22.4 Å². The van der Waals surface area contributed by atoms with Crippen LogP contribution in [0.15, 0.2) is 30.7 Å². The first kappa shape index (κ1) is 13.5. The Morgan fingerprint density at radius 1 is 1.14 bits per heavy atom. The molecule has 4 aromatic rings. The zero-order chi connectivity index (χ0) is 15.3. The van der Waals surface area contributed by atoms with Crippen LogP contribution >= 0.6 is 23.2 Å². The molecule has 0 unspecified atom stereocenters. The molecule has 6 nitrogen and oxygen atoms in total. The largest absolute Gasteiger partial charge is 0.216 e. The number of rotatable bonds is 2. The summed E-state index contributed by atoms with van der Waals surface area (Å²) >= 11 is 12.0. The van der Waals surface area contributed by atoms with Crippen LogP contribution in [0.4, 0.5) is 0 Å². The van der Waals surface area contributed by atoms with Crippen LogP contribution in [-0.4, -0.2) is 29.4 Å². The van der Waals surface area contributed by atoms with E-state index < -0.39 is 0 Å². The summed E-state index contributed by atoms with van der Waals surface area (Å²) in [4.78, 5) is 8.94. The molecule has 3 aromatic heterocycles. The molecule has 8 heteroatoms.